The van der Waals surface area contributed by atoms with Crippen molar-refractivity contribution in [3.05, 3.63) is 52.2 Å². The van der Waals surface area contributed by atoms with E-state index in [4.69, 9.17) is 4.74 Å². The molecule has 5 heteroatoms. The number of thiophene rings is 1. The van der Waals surface area contributed by atoms with Crippen LogP contribution in [0.1, 0.15) is 35.7 Å². The molecule has 1 saturated heterocycles. The number of nitrogens with one attached hydrogen (secondary N) is 1. The summed E-state index contributed by atoms with van der Waals surface area (Å²) in [6, 6.07) is 12.3. The van der Waals surface area contributed by atoms with Gasteiger partial charge >= 0.3 is 0 Å². The van der Waals surface area contributed by atoms with E-state index in [0.717, 1.165) is 24.4 Å². The predicted octanol–water partition coefficient (Wildman–Crippen LogP) is 3.78. The number of rotatable bonds is 7. The van der Waals surface area contributed by atoms with Gasteiger partial charge in [0, 0.05) is 11.4 Å². The van der Waals surface area contributed by atoms with Crippen LogP contribution >= 0.6 is 11.3 Å². The Labute approximate surface area is 153 Å². The van der Waals surface area contributed by atoms with Crippen LogP contribution in [0.2, 0.25) is 0 Å². The van der Waals surface area contributed by atoms with E-state index >= 15 is 0 Å². The molecule has 0 saturated carbocycles. The zero-order chi connectivity index (χ0) is 17.5. The summed E-state index contributed by atoms with van der Waals surface area (Å²) >= 11 is 1.76. The minimum absolute atomic E-state index is 0.0562. The van der Waals surface area contributed by atoms with E-state index in [9.17, 15) is 4.79 Å². The van der Waals surface area contributed by atoms with E-state index < -0.39 is 0 Å². The minimum atomic E-state index is -0.0694. The maximum atomic E-state index is 12.2. The average Bonchev–Trinajstić information content (AvgIpc) is 3.15. The molecule has 1 atom stereocenters. The first-order chi connectivity index (χ1) is 12.2. The predicted molar refractivity (Wildman–Crippen MR) is 102 cm³/mol. The van der Waals surface area contributed by atoms with E-state index in [-0.39, 0.29) is 18.6 Å². The van der Waals surface area contributed by atoms with Gasteiger partial charge in [0.1, 0.15) is 5.75 Å². The molecule has 0 unspecified atom stereocenters. The van der Waals surface area contributed by atoms with E-state index in [1.807, 2.05) is 31.2 Å². The lowest BCUT2D eigenvalue weighted by atomic mass is 10.1. The number of carbonyl (C=O) groups excluding carboxylic acids is 1. The van der Waals surface area contributed by atoms with Gasteiger partial charge < -0.3 is 10.1 Å². The third-order valence-electron chi connectivity index (χ3n) is 4.56. The fourth-order valence-electron chi connectivity index (χ4n) is 3.24. The highest BCUT2D eigenvalue weighted by atomic mass is 32.1. The van der Waals surface area contributed by atoms with Crippen LogP contribution < -0.4 is 10.1 Å². The van der Waals surface area contributed by atoms with Crippen molar-refractivity contribution in [2.45, 2.75) is 32.2 Å². The van der Waals surface area contributed by atoms with Crippen LogP contribution in [0.25, 0.3) is 0 Å². The Kier molecular flexibility index (Phi) is 6.48. The Bertz CT molecular complexity index is 666. The number of likely N-dealkylation sites (tertiary alicyclic amines) is 1. The Morgan fingerprint density at radius 3 is 2.80 bits per heavy atom. The fourth-order valence-corrected chi connectivity index (χ4v) is 4.10. The van der Waals surface area contributed by atoms with Crippen molar-refractivity contribution < 1.29 is 9.53 Å². The first-order valence-electron chi connectivity index (χ1n) is 8.96. The topological polar surface area (TPSA) is 41.6 Å². The maximum absolute atomic E-state index is 12.2. The van der Waals surface area contributed by atoms with Crippen LogP contribution in [-0.4, -0.2) is 37.0 Å². The number of nitrogens with zero attached hydrogens (tertiary/aromatic N) is 1. The number of carbonyl (C=O) groups is 1. The van der Waals surface area contributed by atoms with Crippen LogP contribution in [0.4, 0.5) is 0 Å². The van der Waals surface area contributed by atoms with Gasteiger partial charge in [0.25, 0.3) is 5.91 Å². The minimum Gasteiger partial charge on any atom is -0.484 e. The standard InChI is InChI=1S/C20H26N2O2S/c1-16-7-5-8-17(13-16)24-15-20(23)21-14-18(19-9-6-12-25-19)22-10-3-2-4-11-22/h5-9,12-13,18H,2-4,10-11,14-15H2,1H3,(H,21,23)/t18-/m0/s1. The lowest BCUT2D eigenvalue weighted by Crippen LogP contribution is -2.41. The van der Waals surface area contributed by atoms with Gasteiger partial charge in [-0.3, -0.25) is 9.69 Å². The van der Waals surface area contributed by atoms with Gasteiger partial charge in [-0.1, -0.05) is 24.6 Å². The van der Waals surface area contributed by atoms with Crippen molar-refractivity contribution in [2.24, 2.45) is 0 Å². The van der Waals surface area contributed by atoms with Crippen molar-refractivity contribution in [2.75, 3.05) is 26.2 Å². The van der Waals surface area contributed by atoms with E-state index in [0.29, 0.717) is 6.54 Å². The van der Waals surface area contributed by atoms with Crippen LogP contribution in [0.3, 0.4) is 0 Å². The normalized spacial score (nSPS) is 16.4. The number of hydrogen-bond donors (Lipinski definition) is 1. The highest BCUT2D eigenvalue weighted by Gasteiger charge is 2.23. The molecule has 4 nitrogen and oxygen atoms in total. The molecule has 0 radical (unpaired) electrons. The largest absolute Gasteiger partial charge is 0.484 e. The molecule has 134 valence electrons. The summed E-state index contributed by atoms with van der Waals surface area (Å²) in [4.78, 5) is 16.0. The summed E-state index contributed by atoms with van der Waals surface area (Å²) in [5.74, 6) is 0.668. The lowest BCUT2D eigenvalue weighted by Gasteiger charge is -2.34. The second kappa shape index (κ2) is 9.02. The molecule has 1 aliphatic rings. The Balaban J connectivity index is 1.52. The second-order valence-corrected chi connectivity index (χ2v) is 7.52. The molecule has 3 rings (SSSR count). The summed E-state index contributed by atoms with van der Waals surface area (Å²) in [6.07, 6.45) is 3.79. The van der Waals surface area contributed by atoms with Crippen molar-refractivity contribution in [3.8, 4) is 5.75 Å². The first kappa shape index (κ1) is 18.0. The van der Waals surface area contributed by atoms with Crippen LogP contribution in [0.15, 0.2) is 41.8 Å². The molecule has 1 aromatic carbocycles. The Morgan fingerprint density at radius 2 is 2.08 bits per heavy atom. The summed E-state index contributed by atoms with van der Waals surface area (Å²) < 4.78 is 5.59. The molecule has 1 N–H and O–H groups in total. The molecule has 0 aliphatic carbocycles. The molecule has 1 aliphatic heterocycles. The number of hydrogen-bond acceptors (Lipinski definition) is 4. The van der Waals surface area contributed by atoms with Crippen LogP contribution in [0.5, 0.6) is 5.75 Å². The van der Waals surface area contributed by atoms with Crippen molar-refractivity contribution in [1.29, 1.82) is 0 Å². The van der Waals surface area contributed by atoms with E-state index in [1.165, 1.54) is 24.1 Å². The monoisotopic (exact) mass is 358 g/mol. The van der Waals surface area contributed by atoms with Crippen molar-refractivity contribution in [3.63, 3.8) is 0 Å². The molecule has 2 heterocycles. The van der Waals surface area contributed by atoms with Crippen molar-refractivity contribution in [1.82, 2.24) is 10.2 Å². The molecule has 2 aromatic rings. The van der Waals surface area contributed by atoms with Gasteiger partial charge in [-0.15, -0.1) is 11.3 Å². The van der Waals surface area contributed by atoms with E-state index in [2.05, 4.69) is 27.7 Å². The summed E-state index contributed by atoms with van der Waals surface area (Å²) in [5.41, 5.74) is 1.13. The molecule has 1 fully saturated rings. The molecule has 1 aromatic heterocycles. The second-order valence-electron chi connectivity index (χ2n) is 6.54. The van der Waals surface area contributed by atoms with Crippen molar-refractivity contribution >= 4 is 17.2 Å². The summed E-state index contributed by atoms with van der Waals surface area (Å²) in [7, 11) is 0. The molecule has 1 amide bonds. The first-order valence-corrected chi connectivity index (χ1v) is 9.84. The number of amides is 1. The number of aryl methyl sites for hydroxylation is 1. The molecule has 25 heavy (non-hydrogen) atoms. The van der Waals surface area contributed by atoms with Crippen LogP contribution in [-0.2, 0) is 4.79 Å². The quantitative estimate of drug-likeness (QED) is 0.819. The Hall–Kier alpha value is -1.85. The highest BCUT2D eigenvalue weighted by molar-refractivity contribution is 7.10. The van der Waals surface area contributed by atoms with Gasteiger partial charge in [0.2, 0.25) is 0 Å². The highest BCUT2D eigenvalue weighted by Crippen LogP contribution is 2.27. The zero-order valence-corrected chi connectivity index (χ0v) is 15.6. The van der Waals surface area contributed by atoms with Crippen LogP contribution in [0, 0.1) is 6.92 Å². The molecule has 0 spiro atoms. The zero-order valence-electron chi connectivity index (χ0n) is 14.7. The fraction of sp³-hybridized carbons (Fsp3) is 0.450. The number of ether oxygens (including phenoxy) is 1. The number of piperidine rings is 1. The number of benzene rings is 1. The molecular weight excluding hydrogens is 332 g/mol. The summed E-state index contributed by atoms with van der Waals surface area (Å²) in [6.45, 7) is 4.92. The van der Waals surface area contributed by atoms with Gasteiger partial charge in [0.05, 0.1) is 6.04 Å². The molecule has 0 bridgehead atoms. The average molecular weight is 359 g/mol. The third kappa shape index (κ3) is 5.31. The molecular formula is C20H26N2O2S. The van der Waals surface area contributed by atoms with Gasteiger partial charge in [-0.05, 0) is 62.0 Å². The summed E-state index contributed by atoms with van der Waals surface area (Å²) in [5, 5.41) is 5.16. The Morgan fingerprint density at radius 1 is 1.24 bits per heavy atom. The SMILES string of the molecule is Cc1cccc(OCC(=O)NC[C@@H](c2cccs2)N2CCCCC2)c1. The lowest BCUT2D eigenvalue weighted by molar-refractivity contribution is -0.123. The maximum Gasteiger partial charge on any atom is 0.258 e. The van der Waals surface area contributed by atoms with E-state index in [1.54, 1.807) is 11.3 Å². The van der Waals surface area contributed by atoms with Gasteiger partial charge in [-0.25, -0.2) is 0 Å². The smallest absolute Gasteiger partial charge is 0.258 e. The van der Waals surface area contributed by atoms with Gasteiger partial charge in [0.15, 0.2) is 6.61 Å². The third-order valence-corrected chi connectivity index (χ3v) is 5.53. The van der Waals surface area contributed by atoms with Gasteiger partial charge in [-0.2, -0.15) is 0 Å².